The van der Waals surface area contributed by atoms with Gasteiger partial charge in [0.25, 0.3) is 5.91 Å². The Morgan fingerprint density at radius 2 is 1.56 bits per heavy atom. The molecule has 0 radical (unpaired) electrons. The molecule has 1 amide bonds. The third kappa shape index (κ3) is 5.42. The molecule has 1 N–H and O–H groups in total. The fourth-order valence-electron chi connectivity index (χ4n) is 4.34. The van der Waals surface area contributed by atoms with E-state index in [-0.39, 0.29) is 39.9 Å². The summed E-state index contributed by atoms with van der Waals surface area (Å²) in [6, 6.07) is 8.87. The van der Waals surface area contributed by atoms with E-state index in [2.05, 4.69) is 5.32 Å². The van der Waals surface area contributed by atoms with Crippen molar-refractivity contribution in [2.45, 2.75) is 36.0 Å². The van der Waals surface area contributed by atoms with Crippen molar-refractivity contribution < 1.29 is 31.1 Å². The highest BCUT2D eigenvalue weighted by atomic mass is 32.2. The van der Waals surface area contributed by atoms with Gasteiger partial charge in [-0.1, -0.05) is 12.5 Å². The van der Waals surface area contributed by atoms with Crippen LogP contribution in [0.25, 0.3) is 0 Å². The van der Waals surface area contributed by atoms with Crippen LogP contribution >= 0.6 is 0 Å². The van der Waals surface area contributed by atoms with E-state index in [0.29, 0.717) is 31.9 Å². The Labute approximate surface area is 212 Å². The van der Waals surface area contributed by atoms with Crippen LogP contribution in [0.2, 0.25) is 0 Å². The quantitative estimate of drug-likeness (QED) is 0.576. The molecule has 2 heterocycles. The molecular weight excluding hydrogens is 506 g/mol. The fourth-order valence-corrected chi connectivity index (χ4v) is 7.47. The minimum atomic E-state index is -3.88. The van der Waals surface area contributed by atoms with Gasteiger partial charge in [0.1, 0.15) is 10.6 Å². The number of anilines is 1. The number of aryl methyl sites for hydroxylation is 1. The van der Waals surface area contributed by atoms with Gasteiger partial charge >= 0.3 is 0 Å². The van der Waals surface area contributed by atoms with Crippen LogP contribution in [0, 0.1) is 6.92 Å². The first-order valence-electron chi connectivity index (χ1n) is 11.8. The van der Waals surface area contributed by atoms with Crippen molar-refractivity contribution in [3.05, 3.63) is 47.5 Å². The summed E-state index contributed by atoms with van der Waals surface area (Å²) in [7, 11) is -6.22. The zero-order valence-corrected chi connectivity index (χ0v) is 22.0. The van der Waals surface area contributed by atoms with E-state index in [9.17, 15) is 21.6 Å². The molecule has 12 heteroatoms. The van der Waals surface area contributed by atoms with Crippen molar-refractivity contribution in [2.24, 2.45) is 0 Å². The number of ether oxygens (including phenoxy) is 2. The molecule has 2 aromatic carbocycles. The maximum Gasteiger partial charge on any atom is 0.255 e. The minimum absolute atomic E-state index is 0.0606. The van der Waals surface area contributed by atoms with E-state index >= 15 is 0 Å². The van der Waals surface area contributed by atoms with Gasteiger partial charge in [0.2, 0.25) is 20.0 Å². The van der Waals surface area contributed by atoms with E-state index in [1.807, 2.05) is 0 Å². The van der Waals surface area contributed by atoms with Gasteiger partial charge < -0.3 is 14.8 Å². The van der Waals surface area contributed by atoms with Gasteiger partial charge in [-0.15, -0.1) is 0 Å². The number of nitrogens with zero attached hydrogens (tertiary/aromatic N) is 2. The lowest BCUT2D eigenvalue weighted by atomic mass is 10.1. The molecule has 0 unspecified atom stereocenters. The number of carbonyl (C=O) groups excluding carboxylic acids is 1. The van der Waals surface area contributed by atoms with Crippen molar-refractivity contribution in [2.75, 3.05) is 51.8 Å². The van der Waals surface area contributed by atoms with Crippen LogP contribution in [-0.4, -0.2) is 77.9 Å². The first-order chi connectivity index (χ1) is 17.1. The summed E-state index contributed by atoms with van der Waals surface area (Å²) >= 11 is 0. The maximum absolute atomic E-state index is 13.2. The Morgan fingerprint density at radius 1 is 0.889 bits per heavy atom. The molecule has 2 fully saturated rings. The zero-order chi connectivity index (χ0) is 25.9. The van der Waals surface area contributed by atoms with E-state index in [1.165, 1.54) is 40.0 Å². The van der Waals surface area contributed by atoms with Crippen LogP contribution in [-0.2, 0) is 24.8 Å². The number of piperidine rings is 1. The monoisotopic (exact) mass is 537 g/mol. The van der Waals surface area contributed by atoms with Crippen LogP contribution in [0.1, 0.15) is 35.2 Å². The highest BCUT2D eigenvalue weighted by molar-refractivity contribution is 7.89. The number of hydrogen-bond donors (Lipinski definition) is 1. The Bertz CT molecular complexity index is 1330. The predicted molar refractivity (Wildman–Crippen MR) is 134 cm³/mol. The molecule has 2 saturated heterocycles. The molecule has 2 aliphatic rings. The van der Waals surface area contributed by atoms with Gasteiger partial charge in [-0.2, -0.15) is 8.61 Å². The van der Waals surface area contributed by atoms with Crippen LogP contribution in [0.5, 0.6) is 5.75 Å². The molecule has 0 aromatic heterocycles. The van der Waals surface area contributed by atoms with Gasteiger partial charge in [-0.3, -0.25) is 4.79 Å². The van der Waals surface area contributed by atoms with E-state index in [4.69, 9.17) is 9.47 Å². The van der Waals surface area contributed by atoms with Crippen molar-refractivity contribution in [3.8, 4) is 5.75 Å². The molecule has 2 aliphatic heterocycles. The molecule has 10 nitrogen and oxygen atoms in total. The van der Waals surface area contributed by atoms with Crippen LogP contribution < -0.4 is 10.1 Å². The summed E-state index contributed by atoms with van der Waals surface area (Å²) in [6.07, 6.45) is 2.62. The van der Waals surface area contributed by atoms with Crippen LogP contribution in [0.15, 0.2) is 46.2 Å². The molecule has 4 rings (SSSR count). The summed E-state index contributed by atoms with van der Waals surface area (Å²) in [5.74, 6) is -0.381. The van der Waals surface area contributed by atoms with E-state index in [1.54, 1.807) is 19.1 Å². The number of morpholine rings is 1. The van der Waals surface area contributed by atoms with Crippen molar-refractivity contribution in [3.63, 3.8) is 0 Å². The predicted octanol–water partition coefficient (Wildman–Crippen LogP) is 2.45. The number of hydrogen-bond acceptors (Lipinski definition) is 7. The standard InChI is InChI=1S/C24H31N3O7S2/c1-18-6-8-20(35(29,30)26-10-4-3-5-11-26)17-21(18)24(28)25-19-7-9-22(33-2)23(16-19)36(31,32)27-12-14-34-15-13-27/h6-9,16-17H,3-5,10-15H2,1-2H3,(H,25,28). The lowest BCUT2D eigenvalue weighted by molar-refractivity contribution is 0.0729. The summed E-state index contributed by atoms with van der Waals surface area (Å²) < 4.78 is 66.0. The summed E-state index contributed by atoms with van der Waals surface area (Å²) in [5, 5.41) is 2.71. The number of rotatable bonds is 7. The summed E-state index contributed by atoms with van der Waals surface area (Å²) in [4.78, 5) is 13.2. The fraction of sp³-hybridized carbons (Fsp3) is 0.458. The maximum atomic E-state index is 13.2. The van der Waals surface area contributed by atoms with Crippen LogP contribution in [0.4, 0.5) is 5.69 Å². The number of nitrogens with one attached hydrogen (secondary N) is 1. The lowest BCUT2D eigenvalue weighted by Crippen LogP contribution is -2.40. The highest BCUT2D eigenvalue weighted by Crippen LogP contribution is 2.31. The summed E-state index contributed by atoms with van der Waals surface area (Å²) in [5.41, 5.74) is 1.04. The van der Waals surface area contributed by atoms with Crippen molar-refractivity contribution >= 4 is 31.6 Å². The van der Waals surface area contributed by atoms with Crippen molar-refractivity contribution in [1.29, 1.82) is 0 Å². The number of methoxy groups -OCH3 is 1. The number of carbonyl (C=O) groups is 1. The third-order valence-electron chi connectivity index (χ3n) is 6.42. The van der Waals surface area contributed by atoms with Crippen molar-refractivity contribution in [1.82, 2.24) is 8.61 Å². The first-order valence-corrected chi connectivity index (χ1v) is 14.7. The molecular formula is C24H31N3O7S2. The van der Waals surface area contributed by atoms with Gasteiger partial charge in [0.05, 0.1) is 25.2 Å². The van der Waals surface area contributed by atoms with Gasteiger partial charge in [-0.25, -0.2) is 16.8 Å². The Kier molecular flexibility index (Phi) is 8.00. The van der Waals surface area contributed by atoms with Gasteiger partial charge in [0, 0.05) is 37.4 Å². The Morgan fingerprint density at radius 3 is 2.22 bits per heavy atom. The smallest absolute Gasteiger partial charge is 0.255 e. The SMILES string of the molecule is COc1ccc(NC(=O)c2cc(S(=O)(=O)N3CCCCC3)ccc2C)cc1S(=O)(=O)N1CCOCC1. The average Bonchev–Trinajstić information content (AvgIpc) is 2.89. The first kappa shape index (κ1) is 26.6. The molecule has 2 aromatic rings. The second-order valence-electron chi connectivity index (χ2n) is 8.78. The second-order valence-corrected chi connectivity index (χ2v) is 12.6. The number of sulfonamides is 2. The third-order valence-corrected chi connectivity index (χ3v) is 10.2. The molecule has 0 spiro atoms. The molecule has 0 bridgehead atoms. The average molecular weight is 538 g/mol. The topological polar surface area (TPSA) is 122 Å². The molecule has 0 saturated carbocycles. The number of amides is 1. The molecule has 36 heavy (non-hydrogen) atoms. The Balaban J connectivity index is 1.61. The van der Waals surface area contributed by atoms with E-state index < -0.39 is 26.0 Å². The minimum Gasteiger partial charge on any atom is -0.495 e. The largest absolute Gasteiger partial charge is 0.495 e. The Hall–Kier alpha value is -2.51. The normalized spacial score (nSPS) is 18.1. The zero-order valence-electron chi connectivity index (χ0n) is 20.4. The van der Waals surface area contributed by atoms with E-state index in [0.717, 1.165) is 19.3 Å². The van der Waals surface area contributed by atoms with Crippen LogP contribution in [0.3, 0.4) is 0 Å². The van der Waals surface area contributed by atoms with Gasteiger partial charge in [0.15, 0.2) is 0 Å². The van der Waals surface area contributed by atoms with Gasteiger partial charge in [-0.05, 0) is 55.7 Å². The second kappa shape index (κ2) is 10.9. The lowest BCUT2D eigenvalue weighted by Gasteiger charge is -2.27. The molecule has 196 valence electrons. The molecule has 0 atom stereocenters. The highest BCUT2D eigenvalue weighted by Gasteiger charge is 2.30. The summed E-state index contributed by atoms with van der Waals surface area (Å²) in [6.45, 7) is 3.68. The number of benzene rings is 2. The molecule has 0 aliphatic carbocycles.